The van der Waals surface area contributed by atoms with E-state index in [1.807, 2.05) is 12.1 Å². The van der Waals surface area contributed by atoms with Gasteiger partial charge in [-0.3, -0.25) is 9.62 Å². The number of carbonyl (C=O) groups excluding carboxylic acids is 1. The average Bonchev–Trinajstić information content (AvgIpc) is 3.44. The summed E-state index contributed by atoms with van der Waals surface area (Å²) < 4.78 is 48.0. The average molecular weight is 476 g/mol. The number of amides is 1. The number of rotatable bonds is 9. The molecule has 9 heteroatoms. The Morgan fingerprint density at radius 1 is 1.18 bits per heavy atom. The lowest BCUT2D eigenvalue weighted by Gasteiger charge is -2.19. The van der Waals surface area contributed by atoms with E-state index in [0.29, 0.717) is 18.3 Å². The van der Waals surface area contributed by atoms with Crippen molar-refractivity contribution in [2.75, 3.05) is 22.8 Å². The second kappa shape index (κ2) is 10.1. The van der Waals surface area contributed by atoms with Crippen molar-refractivity contribution in [1.82, 2.24) is 5.32 Å². The van der Waals surface area contributed by atoms with Crippen LogP contribution in [0.5, 0.6) is 0 Å². The van der Waals surface area contributed by atoms with Gasteiger partial charge in [0.1, 0.15) is 12.4 Å². The molecule has 1 saturated heterocycles. The van der Waals surface area contributed by atoms with E-state index < -0.39 is 21.9 Å². The Kier molecular flexibility index (Phi) is 7.19. The van der Waals surface area contributed by atoms with Crippen molar-refractivity contribution in [2.24, 2.45) is 5.92 Å². The maximum atomic E-state index is 14.6. The number of cyclic esters (lactones) is 1. The van der Waals surface area contributed by atoms with Gasteiger partial charge in [-0.15, -0.1) is 0 Å². The maximum absolute atomic E-state index is 14.6. The number of ether oxygens (including phenoxy) is 1. The summed E-state index contributed by atoms with van der Waals surface area (Å²) in [6.45, 7) is 3.08. The fourth-order valence-electron chi connectivity index (χ4n) is 4.58. The molecule has 178 valence electrons. The number of anilines is 2. The van der Waals surface area contributed by atoms with Gasteiger partial charge < -0.3 is 10.1 Å². The van der Waals surface area contributed by atoms with Crippen LogP contribution in [-0.4, -0.2) is 33.7 Å². The monoisotopic (exact) mass is 475 g/mol. The normalized spacial score (nSPS) is 17.9. The van der Waals surface area contributed by atoms with Crippen LogP contribution in [0.3, 0.4) is 0 Å². The molecule has 2 fully saturated rings. The number of halogens is 1. The molecule has 7 nitrogen and oxygen atoms in total. The van der Waals surface area contributed by atoms with Gasteiger partial charge in [0.25, 0.3) is 10.0 Å². The Balaban J connectivity index is 1.44. The number of para-hydroxylation sites is 1. The molecule has 0 unspecified atom stereocenters. The number of hydrogen-bond acceptors (Lipinski definition) is 5. The van der Waals surface area contributed by atoms with E-state index in [9.17, 15) is 17.6 Å². The van der Waals surface area contributed by atoms with E-state index in [4.69, 9.17) is 4.74 Å². The maximum Gasteiger partial charge on any atom is 0.414 e. The molecule has 1 aliphatic carbocycles. The highest BCUT2D eigenvalue weighted by Crippen LogP contribution is 2.29. The predicted molar refractivity (Wildman–Crippen MR) is 125 cm³/mol. The molecule has 0 radical (unpaired) electrons. The Bertz CT molecular complexity index is 1100. The van der Waals surface area contributed by atoms with Crippen LogP contribution in [0, 0.1) is 11.7 Å². The summed E-state index contributed by atoms with van der Waals surface area (Å²) in [5, 5.41) is 3.50. The second-order valence-corrected chi connectivity index (χ2v) is 10.5. The van der Waals surface area contributed by atoms with Crippen LogP contribution in [0.25, 0.3) is 0 Å². The smallest absolute Gasteiger partial charge is 0.414 e. The quantitative estimate of drug-likeness (QED) is 0.552. The largest absolute Gasteiger partial charge is 0.447 e. The topological polar surface area (TPSA) is 87.7 Å². The Morgan fingerprint density at radius 2 is 1.94 bits per heavy atom. The Hall–Kier alpha value is -2.65. The van der Waals surface area contributed by atoms with Crippen molar-refractivity contribution < 1.29 is 22.3 Å². The molecule has 33 heavy (non-hydrogen) atoms. The Labute approximate surface area is 194 Å². The number of carbonyl (C=O) groups is 1. The Morgan fingerprint density at radius 3 is 2.64 bits per heavy atom. The van der Waals surface area contributed by atoms with Crippen LogP contribution in [-0.2, 0) is 21.3 Å². The number of sulfonamides is 1. The fourth-order valence-corrected chi connectivity index (χ4v) is 5.69. The van der Waals surface area contributed by atoms with Crippen LogP contribution in [0.1, 0.15) is 44.6 Å². The number of nitrogens with zero attached hydrogens (tertiary/aromatic N) is 1. The van der Waals surface area contributed by atoms with E-state index in [2.05, 4.69) is 17.0 Å². The van der Waals surface area contributed by atoms with E-state index in [1.165, 1.54) is 37.8 Å². The van der Waals surface area contributed by atoms with Crippen molar-refractivity contribution in [1.29, 1.82) is 0 Å². The molecule has 1 saturated carbocycles. The second-order valence-electron chi connectivity index (χ2n) is 8.81. The highest BCUT2D eigenvalue weighted by atomic mass is 32.2. The molecule has 0 aromatic heterocycles. The lowest BCUT2D eigenvalue weighted by atomic mass is 9.99. The van der Waals surface area contributed by atoms with Gasteiger partial charge in [0.2, 0.25) is 0 Å². The highest BCUT2D eigenvalue weighted by molar-refractivity contribution is 7.92. The summed E-state index contributed by atoms with van der Waals surface area (Å²) in [6.07, 6.45) is 5.67. The summed E-state index contributed by atoms with van der Waals surface area (Å²) in [4.78, 5) is 12.6. The number of benzene rings is 2. The third-order valence-electron chi connectivity index (χ3n) is 6.35. The molecule has 1 aliphatic heterocycles. The SMILES string of the molecule is C[C@@H](CC1CCCC1)NCc1ccccc1NS(=O)(=O)c1ccc(N2CCOC2=O)c(F)c1. The van der Waals surface area contributed by atoms with Crippen molar-refractivity contribution in [3.8, 4) is 0 Å². The van der Waals surface area contributed by atoms with Gasteiger partial charge in [0.15, 0.2) is 0 Å². The van der Waals surface area contributed by atoms with Gasteiger partial charge >= 0.3 is 6.09 Å². The number of nitrogens with one attached hydrogen (secondary N) is 2. The van der Waals surface area contributed by atoms with Crippen molar-refractivity contribution in [3.63, 3.8) is 0 Å². The van der Waals surface area contributed by atoms with E-state index in [-0.39, 0.29) is 23.7 Å². The van der Waals surface area contributed by atoms with Gasteiger partial charge in [-0.2, -0.15) is 0 Å². The standard InChI is InChI=1S/C24H30FN3O4S/c1-17(14-18-6-2-3-7-18)26-16-19-8-4-5-9-22(19)27-33(30,31)20-10-11-23(21(25)15-20)28-12-13-32-24(28)29/h4-5,8-11,15,17-18,26-27H,2-3,6-7,12-14,16H2,1H3/t17-/m0/s1. The van der Waals surface area contributed by atoms with Gasteiger partial charge in [0, 0.05) is 12.6 Å². The zero-order valence-electron chi connectivity index (χ0n) is 18.7. The van der Waals surface area contributed by atoms with Gasteiger partial charge in [-0.1, -0.05) is 43.9 Å². The molecular formula is C24H30FN3O4S. The summed E-state index contributed by atoms with van der Waals surface area (Å²) in [7, 11) is -4.02. The molecule has 1 amide bonds. The summed E-state index contributed by atoms with van der Waals surface area (Å²) in [5.74, 6) is -0.0334. The summed E-state index contributed by atoms with van der Waals surface area (Å²) in [6, 6.07) is 11.0. The van der Waals surface area contributed by atoms with Crippen molar-refractivity contribution >= 4 is 27.5 Å². The van der Waals surface area contributed by atoms with Gasteiger partial charge in [-0.25, -0.2) is 17.6 Å². The van der Waals surface area contributed by atoms with E-state index in [0.717, 1.165) is 28.9 Å². The van der Waals surface area contributed by atoms with E-state index >= 15 is 0 Å². The molecule has 2 aliphatic rings. The minimum Gasteiger partial charge on any atom is -0.447 e. The minimum absolute atomic E-state index is 0.00250. The molecule has 1 atom stereocenters. The van der Waals surface area contributed by atoms with Crippen LogP contribution < -0.4 is 14.9 Å². The third kappa shape index (κ3) is 5.65. The first kappa shape index (κ1) is 23.5. The predicted octanol–water partition coefficient (Wildman–Crippen LogP) is 4.64. The molecule has 0 bridgehead atoms. The molecule has 4 rings (SSSR count). The van der Waals surface area contributed by atoms with Crippen LogP contribution in [0.2, 0.25) is 0 Å². The molecule has 2 aromatic carbocycles. The molecular weight excluding hydrogens is 445 g/mol. The highest BCUT2D eigenvalue weighted by Gasteiger charge is 2.27. The first-order chi connectivity index (χ1) is 15.8. The third-order valence-corrected chi connectivity index (χ3v) is 7.71. The van der Waals surface area contributed by atoms with Crippen LogP contribution in [0.4, 0.5) is 20.6 Å². The number of hydrogen-bond donors (Lipinski definition) is 2. The summed E-state index contributed by atoms with van der Waals surface area (Å²) in [5.41, 5.74) is 1.26. The van der Waals surface area contributed by atoms with Crippen LogP contribution in [0.15, 0.2) is 47.4 Å². The first-order valence-corrected chi connectivity index (χ1v) is 12.9. The zero-order valence-corrected chi connectivity index (χ0v) is 19.5. The minimum atomic E-state index is -4.02. The lowest BCUT2D eigenvalue weighted by Crippen LogP contribution is -2.28. The van der Waals surface area contributed by atoms with Crippen molar-refractivity contribution in [3.05, 3.63) is 53.8 Å². The van der Waals surface area contributed by atoms with Crippen LogP contribution >= 0.6 is 0 Å². The first-order valence-electron chi connectivity index (χ1n) is 11.4. The molecule has 0 spiro atoms. The summed E-state index contributed by atoms with van der Waals surface area (Å²) >= 11 is 0. The van der Waals surface area contributed by atoms with Gasteiger partial charge in [0.05, 0.1) is 22.8 Å². The fraction of sp³-hybridized carbons (Fsp3) is 0.458. The zero-order chi connectivity index (χ0) is 23.4. The van der Waals surface area contributed by atoms with Crippen molar-refractivity contribution in [2.45, 2.75) is 56.5 Å². The lowest BCUT2D eigenvalue weighted by molar-refractivity contribution is 0.181. The van der Waals surface area contributed by atoms with Gasteiger partial charge in [-0.05, 0) is 49.1 Å². The molecule has 1 heterocycles. The van der Waals surface area contributed by atoms with E-state index in [1.54, 1.807) is 12.1 Å². The molecule has 2 aromatic rings. The molecule has 2 N–H and O–H groups in total.